The molecule has 2 rings (SSSR count). The lowest BCUT2D eigenvalue weighted by atomic mass is 10.2. The molecule has 7 heteroatoms. The highest BCUT2D eigenvalue weighted by Gasteiger charge is 2.18. The number of carbonyl (C=O) groups is 2. The number of hydrogen-bond donors (Lipinski definition) is 1. The molecule has 6 nitrogen and oxygen atoms in total. The van der Waals surface area contributed by atoms with Crippen molar-refractivity contribution in [2.45, 2.75) is 13.0 Å². The Bertz CT molecular complexity index is 745. The number of hydrogen-bond acceptors (Lipinski definition) is 5. The molecular weight excluding hydrogens is 339 g/mol. The lowest BCUT2D eigenvalue weighted by Crippen LogP contribution is -2.29. The molecule has 138 valence electrons. The fraction of sp³-hybridized carbons (Fsp3) is 0.263. The third kappa shape index (κ3) is 5.77. The number of carbonyl (C=O) groups excluding carboxylic acids is 2. The minimum Gasteiger partial charge on any atom is -0.479 e. The summed E-state index contributed by atoms with van der Waals surface area (Å²) in [6.45, 7) is 1.06. The first-order valence-electron chi connectivity index (χ1n) is 8.01. The van der Waals surface area contributed by atoms with Gasteiger partial charge in [-0.3, -0.25) is 4.79 Å². The SMILES string of the molecule is C[C@@H](Oc1ccc(F)cc1)C(=O)OCC(=O)Nc1ccc(N(C)C)cc1. The highest BCUT2D eigenvalue weighted by atomic mass is 19.1. The van der Waals surface area contributed by atoms with Crippen LogP contribution in [0.4, 0.5) is 15.8 Å². The predicted octanol–water partition coefficient (Wildman–Crippen LogP) is 2.84. The van der Waals surface area contributed by atoms with E-state index < -0.39 is 30.4 Å². The highest BCUT2D eigenvalue weighted by Crippen LogP contribution is 2.16. The van der Waals surface area contributed by atoms with Crippen LogP contribution < -0.4 is 15.0 Å². The van der Waals surface area contributed by atoms with Gasteiger partial charge in [-0.2, -0.15) is 0 Å². The van der Waals surface area contributed by atoms with Crippen molar-refractivity contribution in [2.75, 3.05) is 30.9 Å². The Balaban J connectivity index is 1.78. The molecule has 0 aliphatic heterocycles. The molecule has 0 bridgehead atoms. The van der Waals surface area contributed by atoms with Crippen LogP contribution in [0.3, 0.4) is 0 Å². The summed E-state index contributed by atoms with van der Waals surface area (Å²) >= 11 is 0. The Morgan fingerprint density at radius 1 is 1.08 bits per heavy atom. The van der Waals surface area contributed by atoms with Gasteiger partial charge in [0.05, 0.1) is 0 Å². The largest absolute Gasteiger partial charge is 0.479 e. The Morgan fingerprint density at radius 3 is 2.27 bits per heavy atom. The molecule has 2 aromatic carbocycles. The van der Waals surface area contributed by atoms with E-state index in [4.69, 9.17) is 9.47 Å². The monoisotopic (exact) mass is 360 g/mol. The average Bonchev–Trinajstić information content (AvgIpc) is 2.62. The minimum atomic E-state index is -0.923. The first-order chi connectivity index (χ1) is 12.3. The molecule has 0 aliphatic carbocycles. The molecular formula is C19H21FN2O4. The van der Waals surface area contributed by atoms with Gasteiger partial charge in [0.15, 0.2) is 12.7 Å². The van der Waals surface area contributed by atoms with Crippen molar-refractivity contribution in [3.63, 3.8) is 0 Å². The molecule has 0 unspecified atom stereocenters. The second-order valence-corrected chi connectivity index (χ2v) is 5.81. The maximum atomic E-state index is 12.8. The molecule has 0 saturated carbocycles. The van der Waals surface area contributed by atoms with E-state index in [2.05, 4.69) is 5.32 Å². The van der Waals surface area contributed by atoms with Crippen molar-refractivity contribution in [2.24, 2.45) is 0 Å². The van der Waals surface area contributed by atoms with E-state index in [0.29, 0.717) is 11.4 Å². The molecule has 1 amide bonds. The summed E-state index contributed by atoms with van der Waals surface area (Å²) in [5.74, 6) is -1.21. The van der Waals surface area contributed by atoms with Crippen molar-refractivity contribution in [3.05, 3.63) is 54.3 Å². The molecule has 0 aromatic heterocycles. The second-order valence-electron chi connectivity index (χ2n) is 5.81. The average molecular weight is 360 g/mol. The lowest BCUT2D eigenvalue weighted by Gasteiger charge is -2.14. The fourth-order valence-electron chi connectivity index (χ4n) is 2.06. The zero-order valence-corrected chi connectivity index (χ0v) is 14.9. The number of benzene rings is 2. The van der Waals surface area contributed by atoms with Crippen LogP contribution >= 0.6 is 0 Å². The topological polar surface area (TPSA) is 67.9 Å². The van der Waals surface area contributed by atoms with Crippen LogP contribution in [0, 0.1) is 5.82 Å². The van der Waals surface area contributed by atoms with E-state index in [1.807, 2.05) is 31.1 Å². The third-order valence-corrected chi connectivity index (χ3v) is 3.47. The van der Waals surface area contributed by atoms with Gasteiger partial charge in [0, 0.05) is 25.5 Å². The van der Waals surface area contributed by atoms with E-state index in [0.717, 1.165) is 5.69 Å². The molecule has 26 heavy (non-hydrogen) atoms. The fourth-order valence-corrected chi connectivity index (χ4v) is 2.06. The first-order valence-corrected chi connectivity index (χ1v) is 8.01. The van der Waals surface area contributed by atoms with E-state index in [1.165, 1.54) is 31.2 Å². The number of nitrogens with one attached hydrogen (secondary N) is 1. The van der Waals surface area contributed by atoms with E-state index in [1.54, 1.807) is 12.1 Å². The van der Waals surface area contributed by atoms with Gasteiger partial charge >= 0.3 is 5.97 Å². The van der Waals surface area contributed by atoms with Crippen LogP contribution in [0.5, 0.6) is 5.75 Å². The van der Waals surface area contributed by atoms with Crippen LogP contribution in [0.25, 0.3) is 0 Å². The molecule has 2 aromatic rings. The quantitative estimate of drug-likeness (QED) is 0.769. The Kier molecular flexibility index (Phi) is 6.54. The Hall–Kier alpha value is -3.09. The van der Waals surface area contributed by atoms with Gasteiger partial charge in [-0.25, -0.2) is 9.18 Å². The molecule has 0 spiro atoms. The van der Waals surface area contributed by atoms with Crippen molar-refractivity contribution in [1.29, 1.82) is 0 Å². The van der Waals surface area contributed by atoms with Crippen molar-refractivity contribution in [1.82, 2.24) is 0 Å². The maximum Gasteiger partial charge on any atom is 0.347 e. The number of esters is 1. The molecule has 0 heterocycles. The van der Waals surface area contributed by atoms with Crippen LogP contribution in [0.2, 0.25) is 0 Å². The van der Waals surface area contributed by atoms with Crippen molar-refractivity contribution < 1.29 is 23.5 Å². The molecule has 0 aliphatic rings. The Morgan fingerprint density at radius 2 is 1.69 bits per heavy atom. The summed E-state index contributed by atoms with van der Waals surface area (Å²) in [6, 6.07) is 12.5. The van der Waals surface area contributed by atoms with Crippen LogP contribution in [0.15, 0.2) is 48.5 Å². The normalized spacial score (nSPS) is 11.4. The zero-order chi connectivity index (χ0) is 19.1. The number of ether oxygens (including phenoxy) is 2. The van der Waals surface area contributed by atoms with Gasteiger partial charge in [-0.1, -0.05) is 0 Å². The number of nitrogens with zero attached hydrogens (tertiary/aromatic N) is 1. The van der Waals surface area contributed by atoms with Gasteiger partial charge in [0.25, 0.3) is 5.91 Å². The van der Waals surface area contributed by atoms with E-state index >= 15 is 0 Å². The van der Waals surface area contributed by atoms with Crippen LogP contribution in [0.1, 0.15) is 6.92 Å². The molecule has 1 atom stereocenters. The maximum absolute atomic E-state index is 12.8. The number of amides is 1. The van der Waals surface area contributed by atoms with Crippen molar-refractivity contribution in [3.8, 4) is 5.75 Å². The summed E-state index contributed by atoms with van der Waals surface area (Å²) in [4.78, 5) is 25.7. The lowest BCUT2D eigenvalue weighted by molar-refractivity contribution is -0.153. The Labute approximate surface area is 151 Å². The van der Waals surface area contributed by atoms with Gasteiger partial charge < -0.3 is 19.7 Å². The first kappa shape index (κ1) is 19.2. The van der Waals surface area contributed by atoms with Gasteiger partial charge in [-0.05, 0) is 55.5 Å². The number of rotatable bonds is 7. The van der Waals surface area contributed by atoms with Gasteiger partial charge in [0.1, 0.15) is 11.6 Å². The summed E-state index contributed by atoms with van der Waals surface area (Å²) in [7, 11) is 3.84. The molecule has 0 fully saturated rings. The van der Waals surface area contributed by atoms with Gasteiger partial charge in [-0.15, -0.1) is 0 Å². The summed E-state index contributed by atoms with van der Waals surface area (Å²) < 4.78 is 23.1. The van der Waals surface area contributed by atoms with E-state index in [-0.39, 0.29) is 0 Å². The highest BCUT2D eigenvalue weighted by molar-refractivity contribution is 5.93. The molecule has 0 radical (unpaired) electrons. The van der Waals surface area contributed by atoms with Gasteiger partial charge in [0.2, 0.25) is 0 Å². The second kappa shape index (κ2) is 8.84. The molecule has 1 N–H and O–H groups in total. The summed E-state index contributed by atoms with van der Waals surface area (Å²) in [5, 5.41) is 2.64. The molecule has 0 saturated heterocycles. The summed E-state index contributed by atoms with van der Waals surface area (Å²) in [6.07, 6.45) is -0.923. The standard InChI is InChI=1S/C19H21FN2O4/c1-13(26-17-10-4-14(20)5-11-17)19(24)25-12-18(23)21-15-6-8-16(9-7-15)22(2)3/h4-11,13H,12H2,1-3H3,(H,21,23)/t13-/m1/s1. The third-order valence-electron chi connectivity index (χ3n) is 3.47. The predicted molar refractivity (Wildman–Crippen MR) is 96.8 cm³/mol. The van der Waals surface area contributed by atoms with Crippen molar-refractivity contribution >= 4 is 23.3 Å². The zero-order valence-electron chi connectivity index (χ0n) is 14.9. The smallest absolute Gasteiger partial charge is 0.347 e. The van der Waals surface area contributed by atoms with Crippen LogP contribution in [-0.4, -0.2) is 38.7 Å². The number of halogens is 1. The number of anilines is 2. The van der Waals surface area contributed by atoms with E-state index in [9.17, 15) is 14.0 Å². The van der Waals surface area contributed by atoms with Crippen LogP contribution in [-0.2, 0) is 14.3 Å². The minimum absolute atomic E-state index is 0.335. The summed E-state index contributed by atoms with van der Waals surface area (Å²) in [5.41, 5.74) is 1.61.